The number of carbonyl (C=O) groups excluding carboxylic acids is 1. The molecule has 1 N–H and O–H groups in total. The van der Waals surface area contributed by atoms with Crippen molar-refractivity contribution in [3.8, 4) is 11.5 Å². The molecule has 1 aromatic carbocycles. The topological polar surface area (TPSA) is 50.8 Å². The van der Waals surface area contributed by atoms with E-state index in [0.717, 1.165) is 56.8 Å². The first-order chi connectivity index (χ1) is 12.1. The predicted octanol–water partition coefficient (Wildman–Crippen LogP) is 2.97. The summed E-state index contributed by atoms with van der Waals surface area (Å²) in [5, 5.41) is 3.62. The largest absolute Gasteiger partial charge is 0.493 e. The number of ether oxygens (including phenoxy) is 2. The average molecular weight is 346 g/mol. The molecule has 25 heavy (non-hydrogen) atoms. The zero-order chi connectivity index (χ0) is 17.8. The van der Waals surface area contributed by atoms with Gasteiger partial charge in [0.1, 0.15) is 0 Å². The lowest BCUT2D eigenvalue weighted by Crippen LogP contribution is -2.45. The monoisotopic (exact) mass is 346 g/mol. The van der Waals surface area contributed by atoms with Gasteiger partial charge in [0, 0.05) is 31.6 Å². The molecule has 1 aromatic rings. The Morgan fingerprint density at radius 2 is 1.92 bits per heavy atom. The molecule has 2 fully saturated rings. The zero-order valence-electron chi connectivity index (χ0n) is 15.6. The summed E-state index contributed by atoms with van der Waals surface area (Å²) < 4.78 is 11.2. The van der Waals surface area contributed by atoms with Crippen molar-refractivity contribution in [3.05, 3.63) is 23.8 Å². The Hall–Kier alpha value is -1.75. The van der Waals surface area contributed by atoms with Gasteiger partial charge in [0.2, 0.25) is 5.91 Å². The van der Waals surface area contributed by atoms with Crippen molar-refractivity contribution in [2.24, 2.45) is 5.92 Å². The van der Waals surface area contributed by atoms with E-state index in [-0.39, 0.29) is 6.10 Å². The van der Waals surface area contributed by atoms with Crippen LogP contribution in [0.15, 0.2) is 18.2 Å². The number of nitrogens with zero attached hydrogens (tertiary/aromatic N) is 1. The molecule has 0 spiro atoms. The van der Waals surface area contributed by atoms with Crippen LogP contribution < -0.4 is 14.8 Å². The third-order valence-electron chi connectivity index (χ3n) is 4.92. The molecule has 3 rings (SSSR count). The van der Waals surface area contributed by atoms with Crippen molar-refractivity contribution in [1.82, 2.24) is 10.2 Å². The highest BCUT2D eigenvalue weighted by Gasteiger charge is 2.34. The summed E-state index contributed by atoms with van der Waals surface area (Å²) in [5.41, 5.74) is 1.18. The van der Waals surface area contributed by atoms with Crippen LogP contribution in [0.2, 0.25) is 0 Å². The van der Waals surface area contributed by atoms with Gasteiger partial charge < -0.3 is 19.7 Å². The van der Waals surface area contributed by atoms with E-state index in [0.29, 0.717) is 17.9 Å². The highest BCUT2D eigenvalue weighted by Crippen LogP contribution is 2.32. The molecular weight excluding hydrogens is 316 g/mol. The number of hydrogen-bond donors (Lipinski definition) is 1. The standard InChI is InChI=1S/C20H30N2O3/c1-14(2)25-18-7-4-15(12-19(18)24-3)13-21-17-8-10-22(11-9-17)20(23)16-5-6-16/h4,7,12,14,16-17,21H,5-6,8-11,13H2,1-3H3. The Bertz CT molecular complexity index is 591. The Morgan fingerprint density at radius 1 is 1.20 bits per heavy atom. The SMILES string of the molecule is COc1cc(CNC2CCN(C(=O)C3CC3)CC2)ccc1OC(C)C. The molecule has 0 aromatic heterocycles. The molecular formula is C20H30N2O3. The molecule has 5 heteroatoms. The third kappa shape index (κ3) is 4.88. The zero-order valence-corrected chi connectivity index (χ0v) is 15.6. The summed E-state index contributed by atoms with van der Waals surface area (Å²) >= 11 is 0. The van der Waals surface area contributed by atoms with Gasteiger partial charge >= 0.3 is 0 Å². The number of benzene rings is 1. The highest BCUT2D eigenvalue weighted by molar-refractivity contribution is 5.81. The lowest BCUT2D eigenvalue weighted by Gasteiger charge is -2.32. The van der Waals surface area contributed by atoms with Gasteiger partial charge in [-0.05, 0) is 57.2 Å². The molecule has 1 heterocycles. The van der Waals surface area contributed by atoms with Crippen molar-refractivity contribution < 1.29 is 14.3 Å². The van der Waals surface area contributed by atoms with Gasteiger partial charge in [0.05, 0.1) is 13.2 Å². The number of piperidine rings is 1. The van der Waals surface area contributed by atoms with Gasteiger partial charge in [0.25, 0.3) is 0 Å². The highest BCUT2D eigenvalue weighted by atomic mass is 16.5. The van der Waals surface area contributed by atoms with Gasteiger partial charge in [-0.2, -0.15) is 0 Å². The van der Waals surface area contributed by atoms with Crippen LogP contribution in [-0.2, 0) is 11.3 Å². The molecule has 1 aliphatic heterocycles. The molecule has 1 aliphatic carbocycles. The maximum absolute atomic E-state index is 12.1. The quantitative estimate of drug-likeness (QED) is 0.825. The molecule has 1 amide bonds. The third-order valence-corrected chi connectivity index (χ3v) is 4.92. The second-order valence-electron chi connectivity index (χ2n) is 7.41. The molecule has 138 valence electrons. The maximum Gasteiger partial charge on any atom is 0.225 e. The van der Waals surface area contributed by atoms with Crippen molar-refractivity contribution in [3.63, 3.8) is 0 Å². The van der Waals surface area contributed by atoms with E-state index in [4.69, 9.17) is 9.47 Å². The van der Waals surface area contributed by atoms with E-state index in [1.54, 1.807) is 7.11 Å². The molecule has 0 unspecified atom stereocenters. The van der Waals surface area contributed by atoms with E-state index in [2.05, 4.69) is 16.3 Å². The number of likely N-dealkylation sites (tertiary alicyclic amines) is 1. The Balaban J connectivity index is 1.48. The van der Waals surface area contributed by atoms with Gasteiger partial charge in [-0.1, -0.05) is 6.07 Å². The summed E-state index contributed by atoms with van der Waals surface area (Å²) in [5.74, 6) is 2.28. The van der Waals surface area contributed by atoms with Crippen LogP contribution >= 0.6 is 0 Å². The first-order valence-corrected chi connectivity index (χ1v) is 9.42. The van der Waals surface area contributed by atoms with Crippen LogP contribution in [0.5, 0.6) is 11.5 Å². The molecule has 0 atom stereocenters. The number of nitrogens with one attached hydrogen (secondary N) is 1. The maximum atomic E-state index is 12.1. The minimum atomic E-state index is 0.126. The fourth-order valence-corrected chi connectivity index (χ4v) is 3.33. The van der Waals surface area contributed by atoms with E-state index in [1.165, 1.54) is 5.56 Å². The van der Waals surface area contributed by atoms with Crippen LogP contribution in [0.4, 0.5) is 0 Å². The van der Waals surface area contributed by atoms with E-state index >= 15 is 0 Å². The fraction of sp³-hybridized carbons (Fsp3) is 0.650. The number of methoxy groups -OCH3 is 1. The normalized spacial score (nSPS) is 18.5. The van der Waals surface area contributed by atoms with Crippen molar-refractivity contribution in [2.45, 2.75) is 58.2 Å². The van der Waals surface area contributed by atoms with E-state index in [1.807, 2.05) is 26.0 Å². The molecule has 2 aliphatic rings. The van der Waals surface area contributed by atoms with Crippen LogP contribution in [0, 0.1) is 5.92 Å². The first kappa shape index (κ1) is 18.1. The fourth-order valence-electron chi connectivity index (χ4n) is 3.33. The summed E-state index contributed by atoms with van der Waals surface area (Å²) in [6, 6.07) is 6.57. The molecule has 0 bridgehead atoms. The minimum absolute atomic E-state index is 0.126. The van der Waals surface area contributed by atoms with E-state index in [9.17, 15) is 4.79 Å². The molecule has 0 radical (unpaired) electrons. The number of rotatable bonds is 7. The van der Waals surface area contributed by atoms with E-state index < -0.39 is 0 Å². The van der Waals surface area contributed by atoms with Crippen molar-refractivity contribution in [2.75, 3.05) is 20.2 Å². The predicted molar refractivity (Wildman–Crippen MR) is 97.9 cm³/mol. The van der Waals surface area contributed by atoms with Gasteiger partial charge in [0.15, 0.2) is 11.5 Å². The smallest absolute Gasteiger partial charge is 0.225 e. The summed E-state index contributed by atoms with van der Waals surface area (Å²) in [4.78, 5) is 14.2. The average Bonchev–Trinajstić information content (AvgIpc) is 3.45. The Kier molecular flexibility index (Phi) is 5.84. The minimum Gasteiger partial charge on any atom is -0.493 e. The van der Waals surface area contributed by atoms with Crippen molar-refractivity contribution >= 4 is 5.91 Å². The van der Waals surface area contributed by atoms with Gasteiger partial charge in [-0.25, -0.2) is 0 Å². The molecule has 1 saturated carbocycles. The summed E-state index contributed by atoms with van der Waals surface area (Å²) in [6.07, 6.45) is 4.38. The second-order valence-corrected chi connectivity index (χ2v) is 7.41. The van der Waals surface area contributed by atoms with Crippen LogP contribution in [0.3, 0.4) is 0 Å². The van der Waals surface area contributed by atoms with Gasteiger partial charge in [-0.3, -0.25) is 4.79 Å². The lowest BCUT2D eigenvalue weighted by atomic mass is 10.0. The molecule has 1 saturated heterocycles. The lowest BCUT2D eigenvalue weighted by molar-refractivity contribution is -0.133. The van der Waals surface area contributed by atoms with Crippen LogP contribution in [0.1, 0.15) is 45.1 Å². The number of amides is 1. The number of hydrogen-bond acceptors (Lipinski definition) is 4. The Labute approximate surface area is 150 Å². The Morgan fingerprint density at radius 3 is 2.52 bits per heavy atom. The van der Waals surface area contributed by atoms with Crippen molar-refractivity contribution in [1.29, 1.82) is 0 Å². The number of carbonyl (C=O) groups is 1. The molecule has 5 nitrogen and oxygen atoms in total. The van der Waals surface area contributed by atoms with Gasteiger partial charge in [-0.15, -0.1) is 0 Å². The summed E-state index contributed by atoms with van der Waals surface area (Å²) in [6.45, 7) is 6.60. The van der Waals surface area contributed by atoms with Crippen LogP contribution in [-0.4, -0.2) is 43.2 Å². The second kappa shape index (κ2) is 8.09. The first-order valence-electron chi connectivity index (χ1n) is 9.42. The van der Waals surface area contributed by atoms with Crippen LogP contribution in [0.25, 0.3) is 0 Å². The summed E-state index contributed by atoms with van der Waals surface area (Å²) in [7, 11) is 1.67.